The van der Waals surface area contributed by atoms with Crippen LogP contribution in [0.5, 0.6) is 5.75 Å². The summed E-state index contributed by atoms with van der Waals surface area (Å²) in [5, 5.41) is 10.1. The number of benzene rings is 2. The summed E-state index contributed by atoms with van der Waals surface area (Å²) in [6, 6.07) is 15.9. The molecule has 0 spiro atoms. The number of hydroxylamine groups is 1. The van der Waals surface area contributed by atoms with E-state index in [-0.39, 0.29) is 0 Å². The van der Waals surface area contributed by atoms with Crippen LogP contribution in [-0.2, 0) is 6.54 Å². The van der Waals surface area contributed by atoms with Crippen molar-refractivity contribution in [2.45, 2.75) is 6.54 Å². The predicted octanol–water partition coefficient (Wildman–Crippen LogP) is 3.35. The highest BCUT2D eigenvalue weighted by Crippen LogP contribution is 2.21. The maximum Gasteiger partial charge on any atom is 0.130 e. The molecule has 0 atom stereocenters. The van der Waals surface area contributed by atoms with Crippen LogP contribution in [0, 0.1) is 0 Å². The van der Waals surface area contributed by atoms with E-state index >= 15 is 0 Å². The van der Waals surface area contributed by atoms with Gasteiger partial charge in [-0.1, -0.05) is 36.5 Å². The minimum Gasteiger partial charge on any atom is -0.497 e. The van der Waals surface area contributed by atoms with Gasteiger partial charge >= 0.3 is 0 Å². The molecule has 1 heterocycles. The molecule has 0 radical (unpaired) electrons. The Hall–Kier alpha value is -2.37. The van der Waals surface area contributed by atoms with E-state index in [1.54, 1.807) is 7.11 Å². The Morgan fingerprint density at radius 1 is 1.23 bits per heavy atom. The summed E-state index contributed by atoms with van der Waals surface area (Å²) < 4.78 is 7.41. The number of nitrogens with one attached hydrogen (secondary N) is 1. The van der Waals surface area contributed by atoms with E-state index in [2.05, 4.69) is 16.7 Å². The second-order valence-corrected chi connectivity index (χ2v) is 5.42. The van der Waals surface area contributed by atoms with Crippen LogP contribution >= 0.6 is 12.2 Å². The largest absolute Gasteiger partial charge is 0.497 e. The van der Waals surface area contributed by atoms with Gasteiger partial charge < -0.3 is 9.30 Å². The van der Waals surface area contributed by atoms with Gasteiger partial charge in [0, 0.05) is 23.8 Å². The zero-order valence-corrected chi connectivity index (χ0v) is 12.9. The molecular weight excluding hydrogens is 296 g/mol. The first-order valence-corrected chi connectivity index (χ1v) is 7.28. The Morgan fingerprint density at radius 2 is 2.09 bits per heavy atom. The van der Waals surface area contributed by atoms with Crippen molar-refractivity contribution in [3.05, 3.63) is 65.9 Å². The normalized spacial score (nSPS) is 10.6. The van der Waals surface area contributed by atoms with Gasteiger partial charge in [0.25, 0.3) is 0 Å². The fraction of sp³-hybridized carbons (Fsp3) is 0.118. The van der Waals surface area contributed by atoms with Crippen LogP contribution in [0.25, 0.3) is 10.9 Å². The molecule has 0 fully saturated rings. The van der Waals surface area contributed by atoms with Gasteiger partial charge in [0.05, 0.1) is 7.11 Å². The number of ether oxygens (including phenoxy) is 1. The van der Waals surface area contributed by atoms with Gasteiger partial charge in [-0.25, -0.2) is 0 Å². The Bertz CT molecular complexity index is 826. The minimum absolute atomic E-state index is 0.316. The van der Waals surface area contributed by atoms with E-state index < -0.39 is 0 Å². The molecule has 0 aliphatic carbocycles. The fourth-order valence-corrected chi connectivity index (χ4v) is 2.62. The van der Waals surface area contributed by atoms with Crippen molar-refractivity contribution >= 4 is 28.1 Å². The van der Waals surface area contributed by atoms with Crippen LogP contribution in [0.3, 0.4) is 0 Å². The number of aromatic nitrogens is 1. The van der Waals surface area contributed by atoms with Crippen molar-refractivity contribution in [1.82, 2.24) is 10.0 Å². The summed E-state index contributed by atoms with van der Waals surface area (Å²) in [6.07, 6.45) is 2.04. The minimum atomic E-state index is 0.316. The molecule has 3 rings (SSSR count). The third kappa shape index (κ3) is 2.81. The third-order valence-corrected chi connectivity index (χ3v) is 3.95. The topological polar surface area (TPSA) is 46.4 Å². The lowest BCUT2D eigenvalue weighted by Crippen LogP contribution is -2.17. The maximum absolute atomic E-state index is 8.96. The van der Waals surface area contributed by atoms with Gasteiger partial charge in [-0.3, -0.25) is 10.7 Å². The van der Waals surface area contributed by atoms with Crippen LogP contribution < -0.4 is 10.2 Å². The van der Waals surface area contributed by atoms with Gasteiger partial charge in [0.2, 0.25) is 0 Å². The zero-order chi connectivity index (χ0) is 15.5. The smallest absolute Gasteiger partial charge is 0.130 e. The quantitative estimate of drug-likeness (QED) is 0.573. The maximum atomic E-state index is 8.96. The van der Waals surface area contributed by atoms with E-state index in [4.69, 9.17) is 22.2 Å². The van der Waals surface area contributed by atoms with Crippen LogP contribution in [0.2, 0.25) is 0 Å². The van der Waals surface area contributed by atoms with Gasteiger partial charge in [-0.2, -0.15) is 0 Å². The molecule has 112 valence electrons. The van der Waals surface area contributed by atoms with Gasteiger partial charge in [-0.15, -0.1) is 0 Å². The monoisotopic (exact) mass is 312 g/mol. The molecule has 22 heavy (non-hydrogen) atoms. The summed E-state index contributed by atoms with van der Waals surface area (Å²) >= 11 is 5.08. The van der Waals surface area contributed by atoms with Gasteiger partial charge in [0.15, 0.2) is 0 Å². The molecule has 0 unspecified atom stereocenters. The molecule has 2 aromatic carbocycles. The van der Waals surface area contributed by atoms with Crippen LogP contribution in [0.1, 0.15) is 11.1 Å². The summed E-state index contributed by atoms with van der Waals surface area (Å²) in [5.41, 5.74) is 5.04. The second-order valence-electron chi connectivity index (χ2n) is 5.01. The van der Waals surface area contributed by atoms with Crippen molar-refractivity contribution in [2.24, 2.45) is 0 Å². The molecular formula is C17H16N2O2S. The first-order valence-electron chi connectivity index (χ1n) is 6.87. The number of fused-ring (bicyclic) bond motifs is 1. The second kappa shape index (κ2) is 6.17. The van der Waals surface area contributed by atoms with Gasteiger partial charge in [-0.05, 0) is 35.2 Å². The number of hydrogen-bond acceptors (Lipinski definition) is 3. The lowest BCUT2D eigenvalue weighted by Gasteiger charge is -2.09. The van der Waals surface area contributed by atoms with E-state index in [1.807, 2.05) is 48.1 Å². The SMILES string of the molecule is COc1cccc(Cn2ccc3ccc(C(=S)NO)cc32)c1. The van der Waals surface area contributed by atoms with Crippen LogP contribution in [0.4, 0.5) is 0 Å². The molecule has 3 aromatic rings. The molecule has 0 amide bonds. The van der Waals surface area contributed by atoms with E-state index in [9.17, 15) is 0 Å². The summed E-state index contributed by atoms with van der Waals surface area (Å²) in [5.74, 6) is 0.848. The molecule has 0 saturated carbocycles. The molecule has 2 N–H and O–H groups in total. The van der Waals surface area contributed by atoms with E-state index in [1.165, 1.54) is 0 Å². The highest BCUT2D eigenvalue weighted by Gasteiger charge is 2.06. The molecule has 5 heteroatoms. The van der Waals surface area contributed by atoms with Crippen molar-refractivity contribution in [1.29, 1.82) is 0 Å². The number of thiocarbonyl (C=S) groups is 1. The Balaban J connectivity index is 1.97. The first-order chi connectivity index (χ1) is 10.7. The average Bonchev–Trinajstić information content (AvgIpc) is 2.96. The predicted molar refractivity (Wildman–Crippen MR) is 90.7 cm³/mol. The third-order valence-electron chi connectivity index (χ3n) is 3.62. The lowest BCUT2D eigenvalue weighted by molar-refractivity contribution is 0.238. The Kier molecular flexibility index (Phi) is 4.09. The Morgan fingerprint density at radius 3 is 2.86 bits per heavy atom. The van der Waals surface area contributed by atoms with Gasteiger partial charge in [0.1, 0.15) is 10.7 Å². The zero-order valence-electron chi connectivity index (χ0n) is 12.1. The van der Waals surface area contributed by atoms with Crippen molar-refractivity contribution in [2.75, 3.05) is 7.11 Å². The molecule has 0 bridgehead atoms. The molecule has 0 aliphatic heterocycles. The van der Waals surface area contributed by atoms with Crippen molar-refractivity contribution < 1.29 is 9.94 Å². The van der Waals surface area contributed by atoms with Crippen molar-refractivity contribution in [3.8, 4) is 5.75 Å². The summed E-state index contributed by atoms with van der Waals surface area (Å²) in [4.78, 5) is 0.316. The standard InChI is InChI=1S/C17H16N2O2S/c1-21-15-4-2-3-12(9-15)11-19-8-7-13-5-6-14(10-16(13)19)17(22)18-20/h2-10,20H,11H2,1H3,(H,18,22). The van der Waals surface area contributed by atoms with Crippen LogP contribution in [-0.4, -0.2) is 21.9 Å². The fourth-order valence-electron chi connectivity index (χ4n) is 2.50. The first kappa shape index (κ1) is 14.6. The Labute approximate surface area is 133 Å². The highest BCUT2D eigenvalue weighted by molar-refractivity contribution is 7.80. The average molecular weight is 312 g/mol. The molecule has 1 aromatic heterocycles. The van der Waals surface area contributed by atoms with E-state index in [0.29, 0.717) is 4.99 Å². The summed E-state index contributed by atoms with van der Waals surface area (Å²) in [6.45, 7) is 0.740. The number of rotatable bonds is 4. The summed E-state index contributed by atoms with van der Waals surface area (Å²) in [7, 11) is 1.67. The number of methoxy groups -OCH3 is 1. The number of hydrogen-bond donors (Lipinski definition) is 2. The number of nitrogens with zero attached hydrogens (tertiary/aromatic N) is 1. The van der Waals surface area contributed by atoms with E-state index in [0.717, 1.165) is 34.3 Å². The van der Waals surface area contributed by atoms with Crippen LogP contribution in [0.15, 0.2) is 54.7 Å². The lowest BCUT2D eigenvalue weighted by atomic mass is 10.1. The molecule has 0 saturated heterocycles. The molecule has 0 aliphatic rings. The molecule has 4 nitrogen and oxygen atoms in total. The highest BCUT2D eigenvalue weighted by atomic mass is 32.1. The van der Waals surface area contributed by atoms with Crippen molar-refractivity contribution in [3.63, 3.8) is 0 Å².